The summed E-state index contributed by atoms with van der Waals surface area (Å²) in [6.07, 6.45) is 5.65. The molecule has 0 radical (unpaired) electrons. The van der Waals surface area contributed by atoms with Gasteiger partial charge in [0, 0.05) is 28.8 Å². The zero-order valence-electron chi connectivity index (χ0n) is 12.5. The third kappa shape index (κ3) is 3.77. The van der Waals surface area contributed by atoms with Crippen LogP contribution in [0.1, 0.15) is 39.5 Å². The number of aromatic nitrogens is 1. The molecule has 0 aliphatic heterocycles. The Hall–Kier alpha value is -1.53. The summed E-state index contributed by atoms with van der Waals surface area (Å²) in [4.78, 5) is 3.24. The fourth-order valence-electron chi connectivity index (χ4n) is 2.43. The van der Waals surface area contributed by atoms with Crippen molar-refractivity contribution in [2.75, 3.05) is 5.73 Å². The van der Waals surface area contributed by atoms with Crippen molar-refractivity contribution in [1.29, 1.82) is 0 Å². The van der Waals surface area contributed by atoms with Crippen LogP contribution in [0, 0.1) is 0 Å². The van der Waals surface area contributed by atoms with Gasteiger partial charge in [-0.25, -0.2) is 13.1 Å². The summed E-state index contributed by atoms with van der Waals surface area (Å²) in [6, 6.07) is 5.11. The Morgan fingerprint density at radius 2 is 2.10 bits per heavy atom. The molecule has 1 aromatic carbocycles. The second kappa shape index (κ2) is 6.49. The van der Waals surface area contributed by atoms with E-state index in [-0.39, 0.29) is 10.9 Å². The molecule has 1 heterocycles. The van der Waals surface area contributed by atoms with E-state index < -0.39 is 10.0 Å². The Kier molecular flexibility index (Phi) is 4.90. The van der Waals surface area contributed by atoms with Crippen LogP contribution < -0.4 is 10.5 Å². The van der Waals surface area contributed by atoms with Crippen LogP contribution in [-0.4, -0.2) is 19.4 Å². The number of aromatic amines is 1. The highest BCUT2D eigenvalue weighted by Crippen LogP contribution is 2.24. The quantitative estimate of drug-likeness (QED) is 0.542. The summed E-state index contributed by atoms with van der Waals surface area (Å²) in [7, 11) is -3.51. The molecule has 2 aromatic rings. The largest absolute Gasteiger partial charge is 0.399 e. The van der Waals surface area contributed by atoms with Gasteiger partial charge in [-0.1, -0.05) is 26.2 Å². The number of hydrogen-bond donors (Lipinski definition) is 3. The van der Waals surface area contributed by atoms with Gasteiger partial charge in [-0.15, -0.1) is 0 Å². The van der Waals surface area contributed by atoms with Crippen molar-refractivity contribution in [3.63, 3.8) is 0 Å². The average Bonchev–Trinajstić information content (AvgIpc) is 2.82. The summed E-state index contributed by atoms with van der Waals surface area (Å²) in [5, 5.41) is 0.664. The lowest BCUT2D eigenvalue weighted by Gasteiger charge is -2.13. The topological polar surface area (TPSA) is 88.0 Å². The van der Waals surface area contributed by atoms with Crippen LogP contribution in [0.3, 0.4) is 0 Å². The molecule has 6 heteroatoms. The Morgan fingerprint density at radius 1 is 1.33 bits per heavy atom. The van der Waals surface area contributed by atoms with Gasteiger partial charge >= 0.3 is 0 Å². The van der Waals surface area contributed by atoms with Gasteiger partial charge in [-0.05, 0) is 31.5 Å². The van der Waals surface area contributed by atoms with Gasteiger partial charge in [-0.2, -0.15) is 0 Å². The van der Waals surface area contributed by atoms with E-state index in [9.17, 15) is 8.42 Å². The number of unbranched alkanes of at least 4 members (excludes halogenated alkanes) is 2. The van der Waals surface area contributed by atoms with E-state index in [2.05, 4.69) is 16.6 Å². The molecule has 2 rings (SSSR count). The number of benzene rings is 1. The molecule has 0 saturated carbocycles. The molecule has 4 N–H and O–H groups in total. The average molecular weight is 309 g/mol. The summed E-state index contributed by atoms with van der Waals surface area (Å²) < 4.78 is 27.7. The van der Waals surface area contributed by atoms with Crippen LogP contribution >= 0.6 is 0 Å². The minimum absolute atomic E-state index is 0.0692. The van der Waals surface area contributed by atoms with Crippen LogP contribution in [0.25, 0.3) is 10.9 Å². The van der Waals surface area contributed by atoms with Crippen molar-refractivity contribution in [2.45, 2.75) is 50.5 Å². The third-order valence-corrected chi connectivity index (χ3v) is 5.18. The number of nitrogen functional groups attached to an aromatic ring is 1. The van der Waals surface area contributed by atoms with E-state index in [4.69, 9.17) is 5.73 Å². The lowest BCUT2D eigenvalue weighted by molar-refractivity contribution is 0.528. The van der Waals surface area contributed by atoms with Crippen molar-refractivity contribution in [1.82, 2.24) is 9.71 Å². The third-order valence-electron chi connectivity index (χ3n) is 3.55. The minimum atomic E-state index is -3.51. The second-order valence-corrected chi connectivity index (χ2v) is 7.16. The van der Waals surface area contributed by atoms with Gasteiger partial charge < -0.3 is 10.7 Å². The molecule has 0 aliphatic carbocycles. The monoisotopic (exact) mass is 309 g/mol. The predicted octanol–water partition coefficient (Wildman–Crippen LogP) is 3.00. The first-order valence-corrected chi connectivity index (χ1v) is 8.81. The standard InChI is InChI=1S/C15H23N3O2S/c1-3-4-5-6-11(2)18-21(19,20)15-10-17-14-9-12(16)7-8-13(14)15/h7-11,17-18H,3-6,16H2,1-2H3. The molecule has 1 aromatic heterocycles. The lowest BCUT2D eigenvalue weighted by Crippen LogP contribution is -2.32. The minimum Gasteiger partial charge on any atom is -0.399 e. The molecule has 1 unspecified atom stereocenters. The van der Waals surface area contributed by atoms with Crippen LogP contribution in [0.2, 0.25) is 0 Å². The highest BCUT2D eigenvalue weighted by Gasteiger charge is 2.21. The fraction of sp³-hybridized carbons (Fsp3) is 0.467. The number of H-pyrrole nitrogens is 1. The number of anilines is 1. The Morgan fingerprint density at radius 3 is 2.81 bits per heavy atom. The lowest BCUT2D eigenvalue weighted by atomic mass is 10.1. The zero-order valence-corrected chi connectivity index (χ0v) is 13.3. The first kappa shape index (κ1) is 15.9. The fourth-order valence-corrected chi connectivity index (χ4v) is 3.88. The molecule has 0 saturated heterocycles. The smallest absolute Gasteiger partial charge is 0.242 e. The Labute approximate surface area is 126 Å². The Bertz CT molecular complexity index is 707. The molecule has 0 spiro atoms. The predicted molar refractivity (Wildman–Crippen MR) is 86.6 cm³/mol. The van der Waals surface area contributed by atoms with Crippen molar-refractivity contribution in [3.05, 3.63) is 24.4 Å². The Balaban J connectivity index is 2.18. The normalized spacial score (nSPS) is 13.6. The van der Waals surface area contributed by atoms with Crippen LogP contribution in [0.5, 0.6) is 0 Å². The van der Waals surface area contributed by atoms with Crippen molar-refractivity contribution in [3.8, 4) is 0 Å². The van der Waals surface area contributed by atoms with E-state index in [0.717, 1.165) is 31.2 Å². The van der Waals surface area contributed by atoms with E-state index >= 15 is 0 Å². The van der Waals surface area contributed by atoms with E-state index in [1.165, 1.54) is 6.20 Å². The highest BCUT2D eigenvalue weighted by atomic mass is 32.2. The van der Waals surface area contributed by atoms with Gasteiger partial charge in [0.15, 0.2) is 0 Å². The highest BCUT2D eigenvalue weighted by molar-refractivity contribution is 7.89. The van der Waals surface area contributed by atoms with E-state index in [0.29, 0.717) is 11.1 Å². The zero-order chi connectivity index (χ0) is 15.5. The molecular formula is C15H23N3O2S. The first-order chi connectivity index (χ1) is 9.94. The molecular weight excluding hydrogens is 286 g/mol. The molecule has 0 bridgehead atoms. The number of fused-ring (bicyclic) bond motifs is 1. The number of hydrogen-bond acceptors (Lipinski definition) is 3. The van der Waals surface area contributed by atoms with E-state index in [1.807, 2.05) is 6.92 Å². The van der Waals surface area contributed by atoms with Crippen molar-refractivity contribution >= 4 is 26.6 Å². The number of nitrogens with two attached hydrogens (primary N) is 1. The molecule has 21 heavy (non-hydrogen) atoms. The van der Waals surface area contributed by atoms with Crippen LogP contribution in [0.4, 0.5) is 5.69 Å². The number of sulfonamides is 1. The number of nitrogens with one attached hydrogen (secondary N) is 2. The first-order valence-electron chi connectivity index (χ1n) is 7.33. The van der Waals surface area contributed by atoms with E-state index in [1.54, 1.807) is 18.2 Å². The molecule has 0 amide bonds. The summed E-state index contributed by atoms with van der Waals surface area (Å²) in [6.45, 7) is 4.03. The van der Waals surface area contributed by atoms with Crippen LogP contribution in [-0.2, 0) is 10.0 Å². The van der Waals surface area contributed by atoms with Crippen molar-refractivity contribution < 1.29 is 8.42 Å². The SMILES string of the molecule is CCCCCC(C)NS(=O)(=O)c1c[nH]c2cc(N)ccc12. The molecule has 5 nitrogen and oxygen atoms in total. The molecule has 0 fully saturated rings. The maximum absolute atomic E-state index is 12.5. The second-order valence-electron chi connectivity index (χ2n) is 5.48. The molecule has 0 aliphatic rings. The maximum atomic E-state index is 12.5. The van der Waals surface area contributed by atoms with Gasteiger partial charge in [0.25, 0.3) is 0 Å². The van der Waals surface area contributed by atoms with Gasteiger partial charge in [0.1, 0.15) is 4.90 Å². The summed E-state index contributed by atoms with van der Waals surface area (Å²) in [5.41, 5.74) is 7.04. The maximum Gasteiger partial charge on any atom is 0.242 e. The summed E-state index contributed by atoms with van der Waals surface area (Å²) >= 11 is 0. The van der Waals surface area contributed by atoms with Crippen LogP contribution in [0.15, 0.2) is 29.3 Å². The van der Waals surface area contributed by atoms with Gasteiger partial charge in [0.2, 0.25) is 10.0 Å². The van der Waals surface area contributed by atoms with Gasteiger partial charge in [-0.3, -0.25) is 0 Å². The summed E-state index contributed by atoms with van der Waals surface area (Å²) in [5.74, 6) is 0. The molecule has 1 atom stereocenters. The van der Waals surface area contributed by atoms with Gasteiger partial charge in [0.05, 0.1) is 0 Å². The number of rotatable bonds is 7. The van der Waals surface area contributed by atoms with Crippen molar-refractivity contribution in [2.24, 2.45) is 0 Å². The molecule has 116 valence electrons.